The van der Waals surface area contributed by atoms with Crippen molar-refractivity contribution in [3.05, 3.63) is 71.8 Å². The Labute approximate surface area is 158 Å². The summed E-state index contributed by atoms with van der Waals surface area (Å²) in [5.74, 6) is -0.811. The summed E-state index contributed by atoms with van der Waals surface area (Å²) in [6, 6.07) is 17.6. The van der Waals surface area contributed by atoms with E-state index in [-0.39, 0.29) is 12.7 Å². The SMILES string of the molecule is COC1CC(OC(=O)c2ccccc2)CC(COC(=O)c2ccccc2)O1. The van der Waals surface area contributed by atoms with Crippen LogP contribution in [0.1, 0.15) is 33.6 Å². The molecule has 0 bridgehead atoms. The van der Waals surface area contributed by atoms with Crippen molar-refractivity contribution in [2.45, 2.75) is 31.3 Å². The second-order valence-corrected chi connectivity index (χ2v) is 6.25. The Balaban J connectivity index is 1.56. The fraction of sp³-hybridized carbons (Fsp3) is 0.333. The van der Waals surface area contributed by atoms with Crippen LogP contribution >= 0.6 is 0 Å². The summed E-state index contributed by atoms with van der Waals surface area (Å²) in [6.45, 7) is 0.0625. The van der Waals surface area contributed by atoms with E-state index in [2.05, 4.69) is 0 Å². The van der Waals surface area contributed by atoms with Gasteiger partial charge in [0.05, 0.1) is 17.2 Å². The van der Waals surface area contributed by atoms with E-state index in [4.69, 9.17) is 18.9 Å². The molecule has 0 N–H and O–H groups in total. The lowest BCUT2D eigenvalue weighted by molar-refractivity contribution is -0.210. The van der Waals surface area contributed by atoms with Crippen molar-refractivity contribution in [3.63, 3.8) is 0 Å². The Morgan fingerprint density at radius 1 is 0.926 bits per heavy atom. The molecule has 3 rings (SSSR count). The van der Waals surface area contributed by atoms with E-state index in [0.717, 1.165) is 0 Å². The van der Waals surface area contributed by atoms with Gasteiger partial charge in [-0.15, -0.1) is 0 Å². The standard InChI is InChI=1S/C21H22O6/c1-24-19-13-17(27-21(23)16-10-6-3-7-11-16)12-18(26-19)14-25-20(22)15-8-4-2-5-9-15/h2-11,17-19H,12-14H2,1H3. The number of esters is 2. The molecule has 0 amide bonds. The van der Waals surface area contributed by atoms with Crippen LogP contribution in [0.2, 0.25) is 0 Å². The third-order valence-corrected chi connectivity index (χ3v) is 4.28. The average molecular weight is 370 g/mol. The maximum absolute atomic E-state index is 12.3. The molecule has 1 heterocycles. The lowest BCUT2D eigenvalue weighted by Gasteiger charge is -2.33. The largest absolute Gasteiger partial charge is 0.459 e. The molecule has 1 aliphatic heterocycles. The van der Waals surface area contributed by atoms with E-state index in [0.29, 0.717) is 24.0 Å². The predicted molar refractivity (Wildman–Crippen MR) is 97.3 cm³/mol. The molecule has 142 valence electrons. The second-order valence-electron chi connectivity index (χ2n) is 6.25. The van der Waals surface area contributed by atoms with Crippen molar-refractivity contribution in [1.29, 1.82) is 0 Å². The summed E-state index contributed by atoms with van der Waals surface area (Å²) in [5, 5.41) is 0. The van der Waals surface area contributed by atoms with Gasteiger partial charge in [0.2, 0.25) is 0 Å². The molecular weight excluding hydrogens is 348 g/mol. The normalized spacial score (nSPS) is 22.0. The Bertz CT molecular complexity index is 746. The zero-order chi connectivity index (χ0) is 19.1. The minimum absolute atomic E-state index is 0.0625. The third-order valence-electron chi connectivity index (χ3n) is 4.28. The summed E-state index contributed by atoms with van der Waals surface area (Å²) in [6.07, 6.45) is -0.451. The molecule has 2 aromatic rings. The molecule has 1 saturated heterocycles. The lowest BCUT2D eigenvalue weighted by atomic mass is 10.1. The first-order chi connectivity index (χ1) is 13.2. The number of ether oxygens (including phenoxy) is 4. The average Bonchev–Trinajstić information content (AvgIpc) is 2.73. The van der Waals surface area contributed by atoms with Crippen LogP contribution in [0.5, 0.6) is 0 Å². The summed E-state index contributed by atoms with van der Waals surface area (Å²) in [7, 11) is 1.53. The van der Waals surface area contributed by atoms with Crippen LogP contribution in [-0.4, -0.2) is 44.2 Å². The molecule has 0 saturated carbocycles. The Morgan fingerprint density at radius 3 is 2.11 bits per heavy atom. The van der Waals surface area contributed by atoms with Gasteiger partial charge in [0.25, 0.3) is 0 Å². The van der Waals surface area contributed by atoms with Gasteiger partial charge in [0.1, 0.15) is 12.7 Å². The summed E-state index contributed by atoms with van der Waals surface area (Å²) < 4.78 is 22.0. The fourth-order valence-electron chi connectivity index (χ4n) is 2.91. The topological polar surface area (TPSA) is 71.1 Å². The van der Waals surface area contributed by atoms with Gasteiger partial charge in [-0.1, -0.05) is 36.4 Å². The number of hydrogen-bond donors (Lipinski definition) is 0. The molecule has 2 aromatic carbocycles. The van der Waals surface area contributed by atoms with Crippen molar-refractivity contribution in [2.24, 2.45) is 0 Å². The summed E-state index contributed by atoms with van der Waals surface area (Å²) in [5.41, 5.74) is 0.966. The van der Waals surface area contributed by atoms with Gasteiger partial charge in [-0.05, 0) is 24.3 Å². The zero-order valence-corrected chi connectivity index (χ0v) is 15.1. The van der Waals surface area contributed by atoms with Gasteiger partial charge < -0.3 is 18.9 Å². The monoisotopic (exact) mass is 370 g/mol. The maximum Gasteiger partial charge on any atom is 0.338 e. The molecule has 1 aliphatic rings. The summed E-state index contributed by atoms with van der Waals surface area (Å²) in [4.78, 5) is 24.4. The van der Waals surface area contributed by atoms with Crippen molar-refractivity contribution < 1.29 is 28.5 Å². The molecule has 3 atom stereocenters. The molecule has 0 aromatic heterocycles. The summed E-state index contributed by atoms with van der Waals surface area (Å²) >= 11 is 0. The van der Waals surface area contributed by atoms with Crippen molar-refractivity contribution in [2.75, 3.05) is 13.7 Å². The van der Waals surface area contributed by atoms with Gasteiger partial charge in [0.15, 0.2) is 6.29 Å². The Hall–Kier alpha value is -2.70. The minimum Gasteiger partial charge on any atom is -0.459 e. The van der Waals surface area contributed by atoms with Crippen molar-refractivity contribution in [1.82, 2.24) is 0 Å². The zero-order valence-electron chi connectivity index (χ0n) is 15.1. The highest BCUT2D eigenvalue weighted by molar-refractivity contribution is 5.89. The highest BCUT2D eigenvalue weighted by atomic mass is 16.7. The van der Waals surface area contributed by atoms with E-state index in [1.54, 1.807) is 48.5 Å². The van der Waals surface area contributed by atoms with Crippen LogP contribution in [0.25, 0.3) is 0 Å². The van der Waals surface area contributed by atoms with Gasteiger partial charge >= 0.3 is 11.9 Å². The fourth-order valence-corrected chi connectivity index (χ4v) is 2.91. The van der Waals surface area contributed by atoms with Gasteiger partial charge in [-0.25, -0.2) is 9.59 Å². The van der Waals surface area contributed by atoms with Crippen LogP contribution in [0, 0.1) is 0 Å². The van der Waals surface area contributed by atoms with Crippen LogP contribution in [0.4, 0.5) is 0 Å². The van der Waals surface area contributed by atoms with Gasteiger partial charge in [-0.3, -0.25) is 0 Å². The quantitative estimate of drug-likeness (QED) is 0.727. The Morgan fingerprint density at radius 2 is 1.52 bits per heavy atom. The van der Waals surface area contributed by atoms with Gasteiger partial charge in [-0.2, -0.15) is 0 Å². The molecule has 0 aliphatic carbocycles. The number of rotatable bonds is 6. The number of methoxy groups -OCH3 is 1. The van der Waals surface area contributed by atoms with Crippen LogP contribution in [0.15, 0.2) is 60.7 Å². The van der Waals surface area contributed by atoms with E-state index in [1.165, 1.54) is 7.11 Å². The first-order valence-corrected chi connectivity index (χ1v) is 8.82. The second kappa shape index (κ2) is 9.30. The predicted octanol–water partition coefficient (Wildman–Crippen LogP) is 3.22. The molecule has 3 unspecified atom stereocenters. The van der Waals surface area contributed by atoms with E-state index >= 15 is 0 Å². The highest BCUT2D eigenvalue weighted by Gasteiger charge is 2.33. The molecule has 0 radical (unpaired) electrons. The molecular formula is C21H22O6. The molecule has 0 spiro atoms. The molecule has 6 heteroatoms. The van der Waals surface area contributed by atoms with Gasteiger partial charge in [0, 0.05) is 20.0 Å². The van der Waals surface area contributed by atoms with E-state index < -0.39 is 24.3 Å². The maximum atomic E-state index is 12.3. The number of benzene rings is 2. The molecule has 1 fully saturated rings. The first kappa shape index (κ1) is 19.1. The smallest absolute Gasteiger partial charge is 0.338 e. The van der Waals surface area contributed by atoms with Crippen molar-refractivity contribution >= 4 is 11.9 Å². The molecule has 6 nitrogen and oxygen atoms in total. The van der Waals surface area contributed by atoms with Crippen LogP contribution in [0.3, 0.4) is 0 Å². The first-order valence-electron chi connectivity index (χ1n) is 8.82. The molecule has 27 heavy (non-hydrogen) atoms. The number of carbonyl (C=O) groups excluding carboxylic acids is 2. The number of carbonyl (C=O) groups is 2. The Kier molecular flexibility index (Phi) is 6.57. The number of hydrogen-bond acceptors (Lipinski definition) is 6. The van der Waals surface area contributed by atoms with E-state index in [1.807, 2.05) is 12.1 Å². The lowest BCUT2D eigenvalue weighted by Crippen LogP contribution is -2.41. The van der Waals surface area contributed by atoms with Crippen molar-refractivity contribution in [3.8, 4) is 0 Å². The van der Waals surface area contributed by atoms with Crippen LogP contribution in [-0.2, 0) is 18.9 Å². The third kappa shape index (κ3) is 5.39. The van der Waals surface area contributed by atoms with Crippen LogP contribution < -0.4 is 0 Å². The van der Waals surface area contributed by atoms with E-state index in [9.17, 15) is 9.59 Å². The highest BCUT2D eigenvalue weighted by Crippen LogP contribution is 2.24. The minimum atomic E-state index is -0.521.